The van der Waals surface area contributed by atoms with Gasteiger partial charge in [0.15, 0.2) is 5.82 Å². The van der Waals surface area contributed by atoms with Crippen LogP contribution in [0.2, 0.25) is 0 Å². The minimum atomic E-state index is -0.891. The van der Waals surface area contributed by atoms with Gasteiger partial charge >= 0.3 is 5.97 Å². The van der Waals surface area contributed by atoms with E-state index in [4.69, 9.17) is 5.11 Å². The first kappa shape index (κ1) is 15.3. The SMILES string of the molecule is O=C(O)Cc1ccc2c(c1)N(C(=O)Cc1nc3ncccn3n1)CC2. The van der Waals surface area contributed by atoms with E-state index >= 15 is 0 Å². The number of carboxylic acid groups (broad SMARTS) is 1. The monoisotopic (exact) mass is 337 g/mol. The third kappa shape index (κ3) is 2.93. The maximum absolute atomic E-state index is 12.7. The highest BCUT2D eigenvalue weighted by Crippen LogP contribution is 2.29. The highest BCUT2D eigenvalue weighted by Gasteiger charge is 2.26. The Morgan fingerprint density at radius 1 is 1.24 bits per heavy atom. The number of carbonyl (C=O) groups is 2. The van der Waals surface area contributed by atoms with Crippen molar-refractivity contribution in [3.63, 3.8) is 0 Å². The summed E-state index contributed by atoms with van der Waals surface area (Å²) in [6, 6.07) is 7.23. The Bertz CT molecular complexity index is 948. The van der Waals surface area contributed by atoms with Crippen molar-refractivity contribution in [2.75, 3.05) is 11.4 Å². The lowest BCUT2D eigenvalue weighted by molar-refractivity contribution is -0.136. The first-order valence-electron chi connectivity index (χ1n) is 7.90. The van der Waals surface area contributed by atoms with Crippen LogP contribution < -0.4 is 4.90 Å². The Morgan fingerprint density at radius 2 is 2.12 bits per heavy atom. The summed E-state index contributed by atoms with van der Waals surface area (Å²) in [5, 5.41) is 13.2. The lowest BCUT2D eigenvalue weighted by Gasteiger charge is -2.17. The number of nitrogens with zero attached hydrogens (tertiary/aromatic N) is 5. The summed E-state index contributed by atoms with van der Waals surface area (Å²) in [5.41, 5.74) is 2.51. The Hall–Kier alpha value is -3.29. The smallest absolute Gasteiger partial charge is 0.307 e. The van der Waals surface area contributed by atoms with Gasteiger partial charge in [-0.3, -0.25) is 9.59 Å². The summed E-state index contributed by atoms with van der Waals surface area (Å²) in [7, 11) is 0. The van der Waals surface area contributed by atoms with Crippen molar-refractivity contribution < 1.29 is 14.7 Å². The predicted octanol–water partition coefficient (Wildman–Crippen LogP) is 0.883. The molecule has 0 saturated carbocycles. The van der Waals surface area contributed by atoms with Crippen molar-refractivity contribution in [2.45, 2.75) is 19.3 Å². The molecule has 1 aromatic carbocycles. The van der Waals surface area contributed by atoms with Crippen molar-refractivity contribution >= 4 is 23.3 Å². The number of carbonyl (C=O) groups excluding carboxylic acids is 1. The Balaban J connectivity index is 1.56. The van der Waals surface area contributed by atoms with Gasteiger partial charge in [0.2, 0.25) is 5.91 Å². The average Bonchev–Trinajstić information content (AvgIpc) is 3.16. The van der Waals surface area contributed by atoms with Crippen molar-refractivity contribution in [3.05, 3.63) is 53.6 Å². The van der Waals surface area contributed by atoms with E-state index in [0.717, 1.165) is 17.7 Å². The second kappa shape index (κ2) is 5.97. The van der Waals surface area contributed by atoms with E-state index in [1.54, 1.807) is 35.5 Å². The van der Waals surface area contributed by atoms with Crippen LogP contribution in [0, 0.1) is 0 Å². The number of benzene rings is 1. The normalized spacial score (nSPS) is 13.2. The summed E-state index contributed by atoms with van der Waals surface area (Å²) in [5.74, 6) is -0.130. The van der Waals surface area contributed by atoms with Gasteiger partial charge in [0.1, 0.15) is 0 Å². The van der Waals surface area contributed by atoms with Crippen LogP contribution in [-0.4, -0.2) is 43.1 Å². The zero-order chi connectivity index (χ0) is 17.4. The topological polar surface area (TPSA) is 101 Å². The second-order valence-electron chi connectivity index (χ2n) is 5.90. The molecule has 0 unspecified atom stereocenters. The lowest BCUT2D eigenvalue weighted by Crippen LogP contribution is -2.30. The highest BCUT2D eigenvalue weighted by molar-refractivity contribution is 5.96. The van der Waals surface area contributed by atoms with Gasteiger partial charge in [0, 0.05) is 24.6 Å². The number of fused-ring (bicyclic) bond motifs is 2. The Morgan fingerprint density at radius 3 is 2.92 bits per heavy atom. The summed E-state index contributed by atoms with van der Waals surface area (Å²) in [6.07, 6.45) is 4.12. The summed E-state index contributed by atoms with van der Waals surface area (Å²) >= 11 is 0. The van der Waals surface area contributed by atoms with Gasteiger partial charge in [-0.15, -0.1) is 5.10 Å². The van der Waals surface area contributed by atoms with Gasteiger partial charge in [0.05, 0.1) is 12.8 Å². The molecule has 0 radical (unpaired) electrons. The third-order valence-corrected chi connectivity index (χ3v) is 4.17. The van der Waals surface area contributed by atoms with Gasteiger partial charge in [-0.1, -0.05) is 12.1 Å². The van der Waals surface area contributed by atoms with Gasteiger partial charge in [-0.2, -0.15) is 4.98 Å². The molecular weight excluding hydrogens is 322 g/mol. The van der Waals surface area contributed by atoms with Crippen LogP contribution in [-0.2, 0) is 28.9 Å². The maximum atomic E-state index is 12.7. The van der Waals surface area contributed by atoms with E-state index in [0.29, 0.717) is 23.7 Å². The molecule has 0 spiro atoms. The maximum Gasteiger partial charge on any atom is 0.307 e. The van der Waals surface area contributed by atoms with Gasteiger partial charge < -0.3 is 10.0 Å². The Kier molecular flexibility index (Phi) is 3.64. The molecule has 8 nitrogen and oxygen atoms in total. The number of amides is 1. The lowest BCUT2D eigenvalue weighted by atomic mass is 10.1. The number of hydrogen-bond donors (Lipinski definition) is 1. The van der Waals surface area contributed by atoms with Crippen LogP contribution in [0.1, 0.15) is 17.0 Å². The van der Waals surface area contributed by atoms with E-state index in [2.05, 4.69) is 15.1 Å². The molecular formula is C17H15N5O3. The van der Waals surface area contributed by atoms with Gasteiger partial charge in [-0.25, -0.2) is 9.50 Å². The average molecular weight is 337 g/mol. The van der Waals surface area contributed by atoms with Crippen molar-refractivity contribution in [2.24, 2.45) is 0 Å². The summed E-state index contributed by atoms with van der Waals surface area (Å²) in [4.78, 5) is 33.6. The number of aromatic nitrogens is 4. The molecule has 4 rings (SSSR count). The summed E-state index contributed by atoms with van der Waals surface area (Å²) < 4.78 is 1.53. The molecule has 1 N–H and O–H groups in total. The molecule has 1 amide bonds. The second-order valence-corrected chi connectivity index (χ2v) is 5.90. The van der Waals surface area contributed by atoms with E-state index < -0.39 is 5.97 Å². The molecule has 2 aromatic heterocycles. The van der Waals surface area contributed by atoms with E-state index in [-0.39, 0.29) is 18.7 Å². The fourth-order valence-electron chi connectivity index (χ4n) is 3.05. The molecule has 3 heterocycles. The molecule has 1 aliphatic heterocycles. The van der Waals surface area contributed by atoms with Crippen molar-refractivity contribution in [1.82, 2.24) is 19.6 Å². The number of carboxylic acids is 1. The molecule has 0 aliphatic carbocycles. The van der Waals surface area contributed by atoms with Crippen LogP contribution in [0.3, 0.4) is 0 Å². The molecule has 1 aliphatic rings. The molecule has 3 aromatic rings. The minimum Gasteiger partial charge on any atom is -0.481 e. The van der Waals surface area contributed by atoms with Crippen LogP contribution in [0.4, 0.5) is 5.69 Å². The van der Waals surface area contributed by atoms with E-state index in [9.17, 15) is 9.59 Å². The molecule has 25 heavy (non-hydrogen) atoms. The van der Waals surface area contributed by atoms with Gasteiger partial charge in [0.25, 0.3) is 5.78 Å². The van der Waals surface area contributed by atoms with E-state index in [1.807, 2.05) is 6.07 Å². The number of anilines is 1. The van der Waals surface area contributed by atoms with Crippen molar-refractivity contribution in [1.29, 1.82) is 0 Å². The molecule has 0 fully saturated rings. The third-order valence-electron chi connectivity index (χ3n) is 4.17. The molecule has 0 atom stereocenters. The zero-order valence-corrected chi connectivity index (χ0v) is 13.3. The molecule has 0 bridgehead atoms. The number of hydrogen-bond acceptors (Lipinski definition) is 5. The van der Waals surface area contributed by atoms with Crippen LogP contribution in [0.15, 0.2) is 36.7 Å². The first-order chi connectivity index (χ1) is 12.1. The van der Waals surface area contributed by atoms with Crippen LogP contribution in [0.5, 0.6) is 0 Å². The predicted molar refractivity (Wildman–Crippen MR) is 88.3 cm³/mol. The zero-order valence-electron chi connectivity index (χ0n) is 13.3. The molecule has 8 heteroatoms. The molecule has 126 valence electrons. The van der Waals surface area contributed by atoms with E-state index in [1.165, 1.54) is 4.52 Å². The van der Waals surface area contributed by atoms with Crippen molar-refractivity contribution in [3.8, 4) is 0 Å². The quantitative estimate of drug-likeness (QED) is 0.758. The number of rotatable bonds is 4. The van der Waals surface area contributed by atoms with Crippen LogP contribution in [0.25, 0.3) is 5.78 Å². The fourth-order valence-corrected chi connectivity index (χ4v) is 3.05. The first-order valence-corrected chi connectivity index (χ1v) is 7.90. The summed E-state index contributed by atoms with van der Waals surface area (Å²) in [6.45, 7) is 0.580. The standard InChI is InChI=1S/C17H15N5O3/c23-15(10-14-19-17-18-5-1-6-22(17)20-14)21-7-4-12-3-2-11(8-13(12)21)9-16(24)25/h1-3,5-6,8H,4,7,9-10H2,(H,24,25). The number of aliphatic carboxylic acids is 1. The largest absolute Gasteiger partial charge is 0.481 e. The highest BCUT2D eigenvalue weighted by atomic mass is 16.4. The Labute approximate surface area is 142 Å². The van der Waals surface area contributed by atoms with Crippen LogP contribution >= 0.6 is 0 Å². The fraction of sp³-hybridized carbons (Fsp3) is 0.235. The van der Waals surface area contributed by atoms with Gasteiger partial charge in [-0.05, 0) is 29.7 Å². The minimum absolute atomic E-state index is 0.0605. The molecule has 0 saturated heterocycles.